The summed E-state index contributed by atoms with van der Waals surface area (Å²) in [7, 11) is 0. The van der Waals surface area contributed by atoms with Gasteiger partial charge in [0, 0.05) is 0 Å². The number of phenolic OH excluding ortho intramolecular Hbond substituents is 1. The van der Waals surface area contributed by atoms with Crippen molar-refractivity contribution < 1.29 is 9.90 Å². The number of nitrogens with zero attached hydrogens (tertiary/aromatic N) is 1. The van der Waals surface area contributed by atoms with Gasteiger partial charge in [-0.25, -0.2) is 4.98 Å². The summed E-state index contributed by atoms with van der Waals surface area (Å²) in [6.07, 6.45) is 1.45. The summed E-state index contributed by atoms with van der Waals surface area (Å²) in [5, 5.41) is 12.6. The number of carbonyl (C=O) groups excluding carboxylic acids is 1. The maximum absolute atomic E-state index is 12.0. The molecule has 0 radical (unpaired) electrons. The monoisotopic (exact) mass is 296 g/mol. The van der Waals surface area contributed by atoms with Crippen molar-refractivity contribution in [2.75, 3.05) is 5.32 Å². The van der Waals surface area contributed by atoms with Crippen molar-refractivity contribution in [1.29, 1.82) is 0 Å². The molecule has 6 heteroatoms. The van der Waals surface area contributed by atoms with E-state index in [4.69, 9.17) is 23.2 Å². The van der Waals surface area contributed by atoms with Gasteiger partial charge in [-0.1, -0.05) is 23.2 Å². The number of hydrogen-bond acceptors (Lipinski definition) is 3. The number of benzene rings is 1. The number of phenols is 1. The Hall–Kier alpha value is -1.78. The third kappa shape index (κ3) is 3.16. The van der Waals surface area contributed by atoms with Gasteiger partial charge in [0.1, 0.15) is 10.9 Å². The van der Waals surface area contributed by atoms with Gasteiger partial charge in [-0.3, -0.25) is 4.79 Å². The first kappa shape index (κ1) is 13.6. The first-order valence-corrected chi connectivity index (χ1v) is 6.15. The number of pyridine rings is 1. The third-order valence-electron chi connectivity index (χ3n) is 2.47. The molecule has 1 aromatic heterocycles. The van der Waals surface area contributed by atoms with Crippen LogP contribution in [-0.2, 0) is 0 Å². The Bertz CT molecular complexity index is 645. The number of hydrogen-bond donors (Lipinski definition) is 2. The Morgan fingerprint density at radius 2 is 2.05 bits per heavy atom. The molecule has 98 valence electrons. The van der Waals surface area contributed by atoms with E-state index in [0.717, 1.165) is 5.56 Å². The Kier molecular flexibility index (Phi) is 3.93. The molecule has 19 heavy (non-hydrogen) atoms. The van der Waals surface area contributed by atoms with Gasteiger partial charge >= 0.3 is 0 Å². The standard InChI is InChI=1S/C13H10Cl2N2O2/c1-7-4-8(6-16-12(7)15)17-13(19)10-5-9(18)2-3-11(10)14/h2-6,18H,1H3,(H,17,19). The van der Waals surface area contributed by atoms with E-state index < -0.39 is 5.91 Å². The number of aromatic nitrogens is 1. The molecule has 2 N–H and O–H groups in total. The van der Waals surface area contributed by atoms with Gasteiger partial charge in [0.25, 0.3) is 5.91 Å². The van der Waals surface area contributed by atoms with Crippen LogP contribution in [0.1, 0.15) is 15.9 Å². The van der Waals surface area contributed by atoms with Gasteiger partial charge in [-0.05, 0) is 36.8 Å². The summed E-state index contributed by atoms with van der Waals surface area (Å²) in [6, 6.07) is 5.86. The molecular formula is C13H10Cl2N2O2. The molecule has 0 unspecified atom stereocenters. The minimum atomic E-state index is -0.426. The highest BCUT2D eigenvalue weighted by Crippen LogP contribution is 2.23. The Balaban J connectivity index is 2.25. The lowest BCUT2D eigenvalue weighted by Gasteiger charge is -2.08. The number of aryl methyl sites for hydroxylation is 1. The van der Waals surface area contributed by atoms with Crippen molar-refractivity contribution in [2.45, 2.75) is 6.92 Å². The van der Waals surface area contributed by atoms with Crippen molar-refractivity contribution >= 4 is 34.8 Å². The van der Waals surface area contributed by atoms with Gasteiger partial charge in [0.05, 0.1) is 22.5 Å². The highest BCUT2D eigenvalue weighted by atomic mass is 35.5. The minimum absolute atomic E-state index is 0.0278. The molecule has 1 amide bonds. The topological polar surface area (TPSA) is 62.2 Å². The zero-order valence-corrected chi connectivity index (χ0v) is 11.5. The van der Waals surface area contributed by atoms with Crippen LogP contribution in [0.25, 0.3) is 0 Å². The number of carbonyl (C=O) groups is 1. The zero-order valence-electron chi connectivity index (χ0n) is 9.95. The fourth-order valence-corrected chi connectivity index (χ4v) is 1.82. The average Bonchev–Trinajstić information content (AvgIpc) is 2.36. The Morgan fingerprint density at radius 1 is 1.32 bits per heavy atom. The molecule has 0 atom stereocenters. The molecule has 2 rings (SSSR count). The molecule has 0 aliphatic carbocycles. The van der Waals surface area contributed by atoms with E-state index in [-0.39, 0.29) is 16.3 Å². The highest BCUT2D eigenvalue weighted by Gasteiger charge is 2.12. The highest BCUT2D eigenvalue weighted by molar-refractivity contribution is 6.34. The number of amides is 1. The summed E-state index contributed by atoms with van der Waals surface area (Å²) in [4.78, 5) is 15.9. The van der Waals surface area contributed by atoms with Gasteiger partial charge in [-0.15, -0.1) is 0 Å². The van der Waals surface area contributed by atoms with Crippen LogP contribution in [0, 0.1) is 6.92 Å². The summed E-state index contributed by atoms with van der Waals surface area (Å²) in [5.41, 5.74) is 1.45. The van der Waals surface area contributed by atoms with Crippen LogP contribution in [0.15, 0.2) is 30.5 Å². The van der Waals surface area contributed by atoms with Crippen molar-refractivity contribution in [3.63, 3.8) is 0 Å². The fraction of sp³-hybridized carbons (Fsp3) is 0.0769. The molecule has 0 bridgehead atoms. The number of anilines is 1. The summed E-state index contributed by atoms with van der Waals surface area (Å²) in [5.74, 6) is -0.454. The molecule has 0 aliphatic heterocycles. The summed E-state index contributed by atoms with van der Waals surface area (Å²) < 4.78 is 0. The van der Waals surface area contributed by atoms with E-state index in [9.17, 15) is 9.90 Å². The lowest BCUT2D eigenvalue weighted by Crippen LogP contribution is -2.12. The first-order valence-electron chi connectivity index (χ1n) is 5.39. The molecule has 0 saturated heterocycles. The van der Waals surface area contributed by atoms with Crippen LogP contribution < -0.4 is 5.32 Å². The normalized spacial score (nSPS) is 10.3. The van der Waals surface area contributed by atoms with Crippen LogP contribution in [0.2, 0.25) is 10.2 Å². The molecular weight excluding hydrogens is 287 g/mol. The maximum Gasteiger partial charge on any atom is 0.257 e. The molecule has 0 spiro atoms. The zero-order chi connectivity index (χ0) is 14.0. The predicted molar refractivity (Wildman–Crippen MR) is 75.1 cm³/mol. The van der Waals surface area contributed by atoms with E-state index in [1.54, 1.807) is 13.0 Å². The third-order valence-corrected chi connectivity index (χ3v) is 3.19. The van der Waals surface area contributed by atoms with Gasteiger partial charge in [-0.2, -0.15) is 0 Å². The van der Waals surface area contributed by atoms with Gasteiger partial charge in [0.15, 0.2) is 0 Å². The Labute approximate surface area is 120 Å². The maximum atomic E-state index is 12.0. The van der Waals surface area contributed by atoms with Crippen LogP contribution in [0.4, 0.5) is 5.69 Å². The number of nitrogens with one attached hydrogen (secondary N) is 1. The van der Waals surface area contributed by atoms with Crippen LogP contribution in [-0.4, -0.2) is 16.0 Å². The van der Waals surface area contributed by atoms with E-state index in [1.165, 1.54) is 24.4 Å². The summed E-state index contributed by atoms with van der Waals surface area (Å²) in [6.45, 7) is 1.78. The second-order valence-corrected chi connectivity index (χ2v) is 4.72. The predicted octanol–water partition coefficient (Wildman–Crippen LogP) is 3.65. The van der Waals surface area contributed by atoms with E-state index in [1.807, 2.05) is 0 Å². The van der Waals surface area contributed by atoms with E-state index in [0.29, 0.717) is 10.8 Å². The number of aromatic hydroxyl groups is 1. The summed E-state index contributed by atoms with van der Waals surface area (Å²) >= 11 is 11.7. The molecule has 1 aromatic carbocycles. The van der Waals surface area contributed by atoms with E-state index >= 15 is 0 Å². The van der Waals surface area contributed by atoms with Crippen molar-refractivity contribution in [3.05, 3.63) is 51.8 Å². The second-order valence-electron chi connectivity index (χ2n) is 3.95. The molecule has 0 fully saturated rings. The largest absolute Gasteiger partial charge is 0.508 e. The SMILES string of the molecule is Cc1cc(NC(=O)c2cc(O)ccc2Cl)cnc1Cl. The average molecular weight is 297 g/mol. The molecule has 0 saturated carbocycles. The first-order chi connectivity index (χ1) is 8.97. The smallest absolute Gasteiger partial charge is 0.257 e. The van der Waals surface area contributed by atoms with E-state index in [2.05, 4.69) is 10.3 Å². The second kappa shape index (κ2) is 5.47. The minimum Gasteiger partial charge on any atom is -0.508 e. The van der Waals surface area contributed by atoms with Crippen molar-refractivity contribution in [3.8, 4) is 5.75 Å². The Morgan fingerprint density at radius 3 is 2.74 bits per heavy atom. The fourth-order valence-electron chi connectivity index (χ4n) is 1.51. The van der Waals surface area contributed by atoms with Gasteiger partial charge < -0.3 is 10.4 Å². The molecule has 4 nitrogen and oxygen atoms in total. The quantitative estimate of drug-likeness (QED) is 0.832. The van der Waals surface area contributed by atoms with Crippen molar-refractivity contribution in [2.24, 2.45) is 0 Å². The van der Waals surface area contributed by atoms with Crippen LogP contribution in [0.5, 0.6) is 5.75 Å². The van der Waals surface area contributed by atoms with Crippen LogP contribution >= 0.6 is 23.2 Å². The molecule has 2 aromatic rings. The molecule has 1 heterocycles. The van der Waals surface area contributed by atoms with Gasteiger partial charge in [0.2, 0.25) is 0 Å². The molecule has 0 aliphatic rings. The number of rotatable bonds is 2. The lowest BCUT2D eigenvalue weighted by atomic mass is 10.2. The van der Waals surface area contributed by atoms with Crippen LogP contribution in [0.3, 0.4) is 0 Å². The lowest BCUT2D eigenvalue weighted by molar-refractivity contribution is 0.102. The van der Waals surface area contributed by atoms with Crippen molar-refractivity contribution in [1.82, 2.24) is 4.98 Å². The number of halogens is 2.